The molecule has 5 nitrogen and oxygen atoms in total. The molecule has 0 aliphatic carbocycles. The largest absolute Gasteiger partial charge is 0.298 e. The predicted octanol–water partition coefficient (Wildman–Crippen LogP) is 1.04. The van der Waals surface area contributed by atoms with Gasteiger partial charge in [0.15, 0.2) is 0 Å². The van der Waals surface area contributed by atoms with Gasteiger partial charge in [-0.3, -0.25) is 24.6 Å². The monoisotopic (exact) mass is 274 g/mol. The number of amides is 2. The van der Waals surface area contributed by atoms with Gasteiger partial charge in [0, 0.05) is 18.5 Å². The number of likely N-dealkylation sites (N-methyl/N-ethyl adjacent to an activating group) is 1. The summed E-state index contributed by atoms with van der Waals surface area (Å²) in [7, 11) is 1.83. The Morgan fingerprint density at radius 3 is 2.80 bits per heavy atom. The van der Waals surface area contributed by atoms with Gasteiger partial charge in [0.05, 0.1) is 6.04 Å². The first-order chi connectivity index (χ1) is 9.51. The number of piperidine rings is 1. The van der Waals surface area contributed by atoms with E-state index in [0.717, 1.165) is 17.4 Å². The summed E-state index contributed by atoms with van der Waals surface area (Å²) in [4.78, 5) is 35.9. The zero-order chi connectivity index (χ0) is 14.7. The number of rotatable bonds is 4. The number of aldehydes is 1. The number of nitrogens with zero attached hydrogens (tertiary/aromatic N) is 1. The molecule has 1 aromatic rings. The topological polar surface area (TPSA) is 66.5 Å². The molecule has 1 N–H and O–H groups in total. The third kappa shape index (κ3) is 3.11. The molecule has 1 atom stereocenters. The number of aryl methyl sites for hydroxylation is 1. The minimum Gasteiger partial charge on any atom is -0.298 e. The van der Waals surface area contributed by atoms with Crippen molar-refractivity contribution < 1.29 is 14.4 Å². The lowest BCUT2D eigenvalue weighted by atomic mass is 10.0. The Hall–Kier alpha value is -2.01. The van der Waals surface area contributed by atoms with E-state index in [-0.39, 0.29) is 17.9 Å². The summed E-state index contributed by atoms with van der Waals surface area (Å²) < 4.78 is 0. The highest BCUT2D eigenvalue weighted by Crippen LogP contribution is 2.17. The van der Waals surface area contributed by atoms with Gasteiger partial charge >= 0.3 is 0 Å². The van der Waals surface area contributed by atoms with Crippen molar-refractivity contribution in [1.29, 1.82) is 0 Å². The van der Waals surface area contributed by atoms with Gasteiger partial charge in [0.2, 0.25) is 11.8 Å². The number of carbonyl (C=O) groups excluding carboxylic acids is 3. The Labute approximate surface area is 118 Å². The van der Waals surface area contributed by atoms with E-state index in [1.54, 1.807) is 6.07 Å². The van der Waals surface area contributed by atoms with Crippen molar-refractivity contribution in [3.05, 3.63) is 34.9 Å². The van der Waals surface area contributed by atoms with Crippen LogP contribution in [0.25, 0.3) is 0 Å². The number of hydrogen-bond acceptors (Lipinski definition) is 4. The van der Waals surface area contributed by atoms with Crippen molar-refractivity contribution in [3.63, 3.8) is 0 Å². The van der Waals surface area contributed by atoms with Crippen LogP contribution in [0.2, 0.25) is 0 Å². The first kappa shape index (κ1) is 14.4. The van der Waals surface area contributed by atoms with Gasteiger partial charge in [-0.25, -0.2) is 0 Å². The summed E-state index contributed by atoms with van der Waals surface area (Å²) >= 11 is 0. The van der Waals surface area contributed by atoms with E-state index >= 15 is 0 Å². The van der Waals surface area contributed by atoms with Crippen molar-refractivity contribution in [1.82, 2.24) is 10.2 Å². The molecule has 0 aromatic heterocycles. The van der Waals surface area contributed by atoms with E-state index in [0.29, 0.717) is 24.9 Å². The Morgan fingerprint density at radius 1 is 1.40 bits per heavy atom. The average Bonchev–Trinajstić information content (AvgIpc) is 2.38. The molecule has 0 saturated carbocycles. The smallest absolute Gasteiger partial charge is 0.243 e. The van der Waals surface area contributed by atoms with Gasteiger partial charge < -0.3 is 0 Å². The van der Waals surface area contributed by atoms with Crippen LogP contribution in [0.4, 0.5) is 0 Å². The molecular formula is C15H18N2O3. The van der Waals surface area contributed by atoms with Crippen LogP contribution in [0.15, 0.2) is 18.2 Å². The predicted molar refractivity (Wildman–Crippen MR) is 74.2 cm³/mol. The van der Waals surface area contributed by atoms with E-state index in [1.807, 2.05) is 31.0 Å². The van der Waals surface area contributed by atoms with Crippen LogP contribution in [0.1, 0.15) is 34.3 Å². The molecule has 1 aromatic carbocycles. The highest BCUT2D eigenvalue weighted by molar-refractivity contribution is 6.00. The third-order valence-corrected chi connectivity index (χ3v) is 3.59. The normalized spacial score (nSPS) is 19.1. The summed E-state index contributed by atoms with van der Waals surface area (Å²) in [5, 5.41) is 2.35. The van der Waals surface area contributed by atoms with Crippen LogP contribution >= 0.6 is 0 Å². The fourth-order valence-corrected chi connectivity index (χ4v) is 2.47. The summed E-state index contributed by atoms with van der Waals surface area (Å²) in [5.74, 6) is -0.479. The van der Waals surface area contributed by atoms with Gasteiger partial charge in [-0.05, 0) is 26.0 Å². The Kier molecular flexibility index (Phi) is 4.29. The SMILES string of the molecule is Cc1ccc(C=O)c(CN(C)C2CCC(=O)NC2=O)c1. The molecule has 20 heavy (non-hydrogen) atoms. The van der Waals surface area contributed by atoms with E-state index in [9.17, 15) is 14.4 Å². The minimum absolute atomic E-state index is 0.219. The van der Waals surface area contributed by atoms with Crippen LogP contribution < -0.4 is 5.32 Å². The number of carbonyl (C=O) groups is 3. The van der Waals surface area contributed by atoms with Crippen LogP contribution in [0.5, 0.6) is 0 Å². The highest BCUT2D eigenvalue weighted by Gasteiger charge is 2.29. The van der Waals surface area contributed by atoms with E-state index in [2.05, 4.69) is 5.32 Å². The number of imide groups is 1. The molecule has 0 radical (unpaired) electrons. The maximum absolute atomic E-state index is 11.8. The van der Waals surface area contributed by atoms with Gasteiger partial charge in [-0.1, -0.05) is 23.8 Å². The molecule has 1 saturated heterocycles. The molecule has 106 valence electrons. The van der Waals surface area contributed by atoms with E-state index < -0.39 is 0 Å². The standard InChI is InChI=1S/C15H18N2O3/c1-10-3-4-11(9-18)12(7-10)8-17(2)13-5-6-14(19)16-15(13)20/h3-4,7,9,13H,5-6,8H2,1-2H3,(H,16,19,20). The number of benzene rings is 1. The highest BCUT2D eigenvalue weighted by atomic mass is 16.2. The summed E-state index contributed by atoms with van der Waals surface area (Å²) in [6.07, 6.45) is 1.70. The first-order valence-electron chi connectivity index (χ1n) is 6.60. The van der Waals surface area contributed by atoms with Crippen molar-refractivity contribution in [2.24, 2.45) is 0 Å². The molecule has 1 aliphatic rings. The molecule has 1 aliphatic heterocycles. The van der Waals surface area contributed by atoms with Crippen LogP contribution in [0, 0.1) is 6.92 Å². The Morgan fingerprint density at radius 2 is 2.15 bits per heavy atom. The molecule has 0 bridgehead atoms. The summed E-state index contributed by atoms with van der Waals surface area (Å²) in [5.41, 5.74) is 2.60. The second-order valence-electron chi connectivity index (χ2n) is 5.20. The zero-order valence-corrected chi connectivity index (χ0v) is 11.7. The fraction of sp³-hybridized carbons (Fsp3) is 0.400. The zero-order valence-electron chi connectivity index (χ0n) is 11.7. The van der Waals surface area contributed by atoms with Crippen LogP contribution in [0.3, 0.4) is 0 Å². The second kappa shape index (κ2) is 5.96. The molecule has 5 heteroatoms. The lowest BCUT2D eigenvalue weighted by Crippen LogP contribution is -2.51. The Bertz CT molecular complexity index is 554. The molecule has 1 unspecified atom stereocenters. The van der Waals surface area contributed by atoms with E-state index in [1.165, 1.54) is 0 Å². The lowest BCUT2D eigenvalue weighted by Gasteiger charge is -2.30. The number of hydrogen-bond donors (Lipinski definition) is 1. The van der Waals surface area contributed by atoms with Gasteiger partial charge in [-0.15, -0.1) is 0 Å². The quantitative estimate of drug-likeness (QED) is 0.658. The third-order valence-electron chi connectivity index (χ3n) is 3.59. The van der Waals surface area contributed by atoms with Gasteiger partial charge in [-0.2, -0.15) is 0 Å². The first-order valence-corrected chi connectivity index (χ1v) is 6.60. The van der Waals surface area contributed by atoms with Crippen molar-refractivity contribution in [2.75, 3.05) is 7.05 Å². The molecule has 2 amide bonds. The van der Waals surface area contributed by atoms with Gasteiger partial charge in [0.1, 0.15) is 6.29 Å². The second-order valence-corrected chi connectivity index (χ2v) is 5.20. The van der Waals surface area contributed by atoms with Gasteiger partial charge in [0.25, 0.3) is 0 Å². The molecular weight excluding hydrogens is 256 g/mol. The Balaban J connectivity index is 2.13. The maximum atomic E-state index is 11.8. The molecule has 1 fully saturated rings. The molecule has 0 spiro atoms. The average molecular weight is 274 g/mol. The number of nitrogens with one attached hydrogen (secondary N) is 1. The molecule has 2 rings (SSSR count). The summed E-state index contributed by atoms with van der Waals surface area (Å²) in [6.45, 7) is 2.46. The van der Waals surface area contributed by atoms with E-state index in [4.69, 9.17) is 0 Å². The van der Waals surface area contributed by atoms with Crippen LogP contribution in [-0.4, -0.2) is 36.1 Å². The fourth-order valence-electron chi connectivity index (χ4n) is 2.47. The van der Waals surface area contributed by atoms with Crippen molar-refractivity contribution in [3.8, 4) is 0 Å². The summed E-state index contributed by atoms with van der Waals surface area (Å²) in [6, 6.07) is 5.30. The lowest BCUT2D eigenvalue weighted by molar-refractivity contribution is -0.137. The van der Waals surface area contributed by atoms with Crippen LogP contribution in [-0.2, 0) is 16.1 Å². The molecule has 1 heterocycles. The maximum Gasteiger partial charge on any atom is 0.243 e. The van der Waals surface area contributed by atoms with Crippen molar-refractivity contribution >= 4 is 18.1 Å². The minimum atomic E-state index is -0.326. The van der Waals surface area contributed by atoms with Crippen molar-refractivity contribution in [2.45, 2.75) is 32.4 Å².